The molecule has 0 saturated heterocycles. The molecule has 0 aromatic heterocycles. The summed E-state index contributed by atoms with van der Waals surface area (Å²) in [7, 11) is 0. The highest BCUT2D eigenvalue weighted by molar-refractivity contribution is 5.52. The molecule has 0 bridgehead atoms. The van der Waals surface area contributed by atoms with Crippen molar-refractivity contribution in [2.75, 3.05) is 0 Å². The summed E-state index contributed by atoms with van der Waals surface area (Å²) in [6, 6.07) is 6.58. The van der Waals surface area contributed by atoms with Crippen LogP contribution in [0, 0.1) is 40.2 Å². The number of rotatable bonds is 1. The summed E-state index contributed by atoms with van der Waals surface area (Å²) >= 11 is 0. The van der Waals surface area contributed by atoms with Gasteiger partial charge in [-0.1, -0.05) is 17.9 Å². The van der Waals surface area contributed by atoms with Crippen molar-refractivity contribution in [1.29, 1.82) is 5.26 Å². The van der Waals surface area contributed by atoms with Crippen molar-refractivity contribution in [3.63, 3.8) is 0 Å². The smallest absolute Gasteiger partial charge is 0.258 e. The molecule has 4 heteroatoms. The highest BCUT2D eigenvalue weighted by atomic mass is 16.6. The molecule has 0 saturated carbocycles. The van der Waals surface area contributed by atoms with Crippen LogP contribution in [-0.4, -0.2) is 4.92 Å². The van der Waals surface area contributed by atoms with E-state index in [0.717, 1.165) is 5.56 Å². The fourth-order valence-corrected chi connectivity index (χ4v) is 1.09. The van der Waals surface area contributed by atoms with Gasteiger partial charge in [-0.15, -0.1) is 0 Å². The quantitative estimate of drug-likeness (QED) is 0.396. The van der Waals surface area contributed by atoms with Crippen molar-refractivity contribution < 1.29 is 4.92 Å². The summed E-state index contributed by atoms with van der Waals surface area (Å²) < 4.78 is 0. The van der Waals surface area contributed by atoms with Crippen LogP contribution >= 0.6 is 0 Å². The van der Waals surface area contributed by atoms with Crippen molar-refractivity contribution >= 4 is 5.69 Å². The van der Waals surface area contributed by atoms with Gasteiger partial charge in [0.25, 0.3) is 5.69 Å². The van der Waals surface area contributed by atoms with Crippen molar-refractivity contribution in [2.24, 2.45) is 0 Å². The Hall–Kier alpha value is -2.33. The maximum atomic E-state index is 10.6. The Bertz CT molecular complexity index is 490. The summed E-state index contributed by atoms with van der Waals surface area (Å²) in [4.78, 5) is 10.2. The average Bonchev–Trinajstić information content (AvgIpc) is 2.18. The summed E-state index contributed by atoms with van der Waals surface area (Å²) in [6.07, 6.45) is 0.0745. The third-order valence-electron chi connectivity index (χ3n) is 1.74. The van der Waals surface area contributed by atoms with E-state index in [1.54, 1.807) is 12.1 Å². The number of nitrogens with zero attached hydrogens (tertiary/aromatic N) is 2. The minimum absolute atomic E-state index is 0.0222. The van der Waals surface area contributed by atoms with Gasteiger partial charge in [0, 0.05) is 6.07 Å². The van der Waals surface area contributed by atoms with Gasteiger partial charge in [0.1, 0.15) is 5.56 Å². The monoisotopic (exact) mass is 200 g/mol. The molecule has 0 aliphatic rings. The van der Waals surface area contributed by atoms with Gasteiger partial charge in [-0.2, -0.15) is 5.26 Å². The lowest BCUT2D eigenvalue weighted by molar-refractivity contribution is -0.385. The first-order chi connectivity index (χ1) is 7.15. The van der Waals surface area contributed by atoms with Gasteiger partial charge in [-0.05, 0) is 18.6 Å². The zero-order chi connectivity index (χ0) is 11.3. The number of hydrogen-bond donors (Lipinski definition) is 0. The topological polar surface area (TPSA) is 66.9 Å². The van der Waals surface area contributed by atoms with Crippen LogP contribution in [0.4, 0.5) is 5.69 Å². The van der Waals surface area contributed by atoms with Gasteiger partial charge in [0.15, 0.2) is 0 Å². The fourth-order valence-electron chi connectivity index (χ4n) is 1.09. The highest BCUT2D eigenvalue weighted by Crippen LogP contribution is 2.18. The molecular weight excluding hydrogens is 192 g/mol. The van der Waals surface area contributed by atoms with Gasteiger partial charge < -0.3 is 0 Å². The van der Waals surface area contributed by atoms with Crippen LogP contribution in [0.2, 0.25) is 0 Å². The second kappa shape index (κ2) is 4.78. The SMILES string of the molecule is Cc1ccc([N+](=O)[O-])c(C#CCC#N)c1. The molecule has 1 aromatic rings. The first-order valence-electron chi connectivity index (χ1n) is 4.26. The van der Waals surface area contributed by atoms with Crippen LogP contribution in [0.3, 0.4) is 0 Å². The van der Waals surface area contributed by atoms with Gasteiger partial charge in [-0.3, -0.25) is 10.1 Å². The molecule has 0 atom stereocenters. The third kappa shape index (κ3) is 2.82. The Morgan fingerprint density at radius 1 is 1.53 bits per heavy atom. The minimum Gasteiger partial charge on any atom is -0.258 e. The van der Waals surface area contributed by atoms with Gasteiger partial charge in [0.2, 0.25) is 0 Å². The van der Waals surface area contributed by atoms with E-state index >= 15 is 0 Å². The third-order valence-corrected chi connectivity index (χ3v) is 1.74. The van der Waals surface area contributed by atoms with E-state index < -0.39 is 4.92 Å². The van der Waals surface area contributed by atoms with E-state index in [9.17, 15) is 10.1 Å². The van der Waals surface area contributed by atoms with Gasteiger partial charge in [-0.25, -0.2) is 0 Å². The van der Waals surface area contributed by atoms with Crippen LogP contribution < -0.4 is 0 Å². The summed E-state index contributed by atoms with van der Waals surface area (Å²) in [6.45, 7) is 1.83. The Morgan fingerprint density at radius 3 is 2.87 bits per heavy atom. The predicted octanol–water partition coefficient (Wildman–Crippen LogP) is 2.17. The van der Waals surface area contributed by atoms with Crippen molar-refractivity contribution in [2.45, 2.75) is 13.3 Å². The Labute approximate surface area is 87.3 Å². The molecule has 0 aliphatic heterocycles. The fraction of sp³-hybridized carbons (Fsp3) is 0.182. The van der Waals surface area contributed by atoms with E-state index in [2.05, 4.69) is 11.8 Å². The summed E-state index contributed by atoms with van der Waals surface area (Å²) in [5.41, 5.74) is 1.24. The average molecular weight is 200 g/mol. The van der Waals surface area contributed by atoms with E-state index in [4.69, 9.17) is 5.26 Å². The first kappa shape index (κ1) is 10.7. The van der Waals surface area contributed by atoms with Crippen molar-refractivity contribution in [3.8, 4) is 17.9 Å². The van der Waals surface area contributed by atoms with E-state index in [0.29, 0.717) is 5.56 Å². The molecule has 0 amide bonds. The molecule has 0 fully saturated rings. The molecular formula is C11H8N2O2. The lowest BCUT2D eigenvalue weighted by Gasteiger charge is -1.96. The number of aryl methyl sites for hydroxylation is 1. The molecule has 15 heavy (non-hydrogen) atoms. The van der Waals surface area contributed by atoms with E-state index in [1.165, 1.54) is 6.07 Å². The van der Waals surface area contributed by atoms with Crippen LogP contribution in [0.5, 0.6) is 0 Å². The van der Waals surface area contributed by atoms with Crippen LogP contribution in [-0.2, 0) is 0 Å². The zero-order valence-corrected chi connectivity index (χ0v) is 8.15. The number of nitro groups is 1. The molecule has 0 aliphatic carbocycles. The van der Waals surface area contributed by atoms with E-state index in [1.807, 2.05) is 13.0 Å². The number of benzene rings is 1. The molecule has 4 nitrogen and oxygen atoms in total. The second-order valence-electron chi connectivity index (χ2n) is 2.91. The molecule has 0 unspecified atom stereocenters. The normalized spacial score (nSPS) is 8.53. The molecule has 1 rings (SSSR count). The summed E-state index contributed by atoms with van der Waals surface area (Å²) in [5, 5.41) is 18.9. The standard InChI is InChI=1S/C11H8N2O2/c1-9-5-6-11(13(14)15)10(8-9)4-2-3-7-12/h5-6,8H,3H2,1H3. The first-order valence-corrected chi connectivity index (χ1v) is 4.26. The Balaban J connectivity index is 3.16. The number of nitriles is 1. The number of nitro benzene ring substituents is 1. The van der Waals surface area contributed by atoms with Crippen LogP contribution in [0.15, 0.2) is 18.2 Å². The van der Waals surface area contributed by atoms with Crippen LogP contribution in [0.25, 0.3) is 0 Å². The van der Waals surface area contributed by atoms with Crippen molar-refractivity contribution in [3.05, 3.63) is 39.4 Å². The zero-order valence-electron chi connectivity index (χ0n) is 8.15. The number of hydrogen-bond acceptors (Lipinski definition) is 3. The largest absolute Gasteiger partial charge is 0.284 e. The molecule has 0 N–H and O–H groups in total. The minimum atomic E-state index is -0.476. The molecule has 0 spiro atoms. The maximum Gasteiger partial charge on any atom is 0.284 e. The Kier molecular flexibility index (Phi) is 3.43. The van der Waals surface area contributed by atoms with Crippen LogP contribution in [0.1, 0.15) is 17.5 Å². The molecule has 74 valence electrons. The Morgan fingerprint density at radius 2 is 2.27 bits per heavy atom. The second-order valence-corrected chi connectivity index (χ2v) is 2.91. The predicted molar refractivity (Wildman–Crippen MR) is 54.9 cm³/mol. The lowest BCUT2D eigenvalue weighted by Crippen LogP contribution is -1.92. The lowest BCUT2D eigenvalue weighted by atomic mass is 10.1. The van der Waals surface area contributed by atoms with E-state index in [-0.39, 0.29) is 12.1 Å². The molecule has 0 radical (unpaired) electrons. The van der Waals surface area contributed by atoms with Gasteiger partial charge >= 0.3 is 0 Å². The molecule has 1 aromatic carbocycles. The highest BCUT2D eigenvalue weighted by Gasteiger charge is 2.10. The summed E-state index contributed by atoms with van der Waals surface area (Å²) in [5.74, 6) is 5.18. The van der Waals surface area contributed by atoms with Gasteiger partial charge in [0.05, 0.1) is 17.4 Å². The maximum absolute atomic E-state index is 10.6. The van der Waals surface area contributed by atoms with Crippen molar-refractivity contribution in [1.82, 2.24) is 0 Å². The molecule has 0 heterocycles.